The summed E-state index contributed by atoms with van der Waals surface area (Å²) < 4.78 is 11.0. The minimum absolute atomic E-state index is 0.782. The highest BCUT2D eigenvalue weighted by atomic mass is 28.3. The lowest BCUT2D eigenvalue weighted by atomic mass is 10.7. The largest absolute Gasteiger partial charge is 0.397 e. The van der Waals surface area contributed by atoms with E-state index in [9.17, 15) is 0 Å². The average Bonchev–Trinajstić information content (AvgIpc) is 2.01. The third kappa shape index (κ3) is 6.79. The monoisotopic (exact) mass is 191 g/mol. The van der Waals surface area contributed by atoms with E-state index in [0.29, 0.717) is 0 Å². The molecule has 0 bridgehead atoms. The Balaban J connectivity index is 3.48. The van der Waals surface area contributed by atoms with Crippen molar-refractivity contribution in [2.75, 3.05) is 33.9 Å². The van der Waals surface area contributed by atoms with Gasteiger partial charge in [-0.15, -0.1) is 0 Å². The van der Waals surface area contributed by atoms with Gasteiger partial charge in [-0.05, 0) is 34.5 Å². The molecule has 0 unspecified atom stereocenters. The summed E-state index contributed by atoms with van der Waals surface area (Å²) in [6.45, 7) is 6.68. The lowest BCUT2D eigenvalue weighted by Gasteiger charge is -2.16. The summed E-state index contributed by atoms with van der Waals surface area (Å²) in [6, 6.07) is 1.08. The van der Waals surface area contributed by atoms with Crippen molar-refractivity contribution in [2.24, 2.45) is 0 Å². The maximum absolute atomic E-state index is 5.52. The van der Waals surface area contributed by atoms with Crippen LogP contribution in [0.2, 0.25) is 6.04 Å². The zero-order valence-electron chi connectivity index (χ0n) is 8.67. The van der Waals surface area contributed by atoms with Crippen LogP contribution in [0.5, 0.6) is 0 Å². The SMILES string of the molecule is CCO[SiH](CCN(C)C)OCC. The molecule has 12 heavy (non-hydrogen) atoms. The molecule has 0 saturated carbocycles. The smallest absolute Gasteiger partial charge is 0.322 e. The van der Waals surface area contributed by atoms with Crippen molar-refractivity contribution < 1.29 is 8.85 Å². The Bertz CT molecular complexity index is 95.1. The van der Waals surface area contributed by atoms with Gasteiger partial charge in [-0.2, -0.15) is 0 Å². The molecule has 0 aromatic heterocycles. The maximum Gasteiger partial charge on any atom is 0.322 e. The summed E-state index contributed by atoms with van der Waals surface area (Å²) in [5.74, 6) is 0. The molecule has 0 aromatic rings. The summed E-state index contributed by atoms with van der Waals surface area (Å²) in [7, 11) is 2.81. The third-order valence-corrected chi connectivity index (χ3v) is 3.66. The van der Waals surface area contributed by atoms with Gasteiger partial charge in [0, 0.05) is 19.3 Å². The molecule has 0 amide bonds. The van der Waals surface area contributed by atoms with E-state index in [-0.39, 0.29) is 0 Å². The highest BCUT2D eigenvalue weighted by molar-refractivity contribution is 6.44. The van der Waals surface area contributed by atoms with Crippen LogP contribution < -0.4 is 0 Å². The summed E-state index contributed by atoms with van der Waals surface area (Å²) in [5, 5.41) is 0. The molecule has 0 heterocycles. The van der Waals surface area contributed by atoms with Crippen LogP contribution in [0.15, 0.2) is 0 Å². The van der Waals surface area contributed by atoms with Crippen LogP contribution in [0, 0.1) is 0 Å². The van der Waals surface area contributed by atoms with E-state index in [1.165, 1.54) is 0 Å². The maximum atomic E-state index is 5.52. The van der Waals surface area contributed by atoms with Gasteiger partial charge in [0.2, 0.25) is 0 Å². The van der Waals surface area contributed by atoms with Gasteiger partial charge in [0.25, 0.3) is 0 Å². The van der Waals surface area contributed by atoms with E-state index >= 15 is 0 Å². The van der Waals surface area contributed by atoms with Gasteiger partial charge in [0.15, 0.2) is 0 Å². The predicted molar refractivity (Wildman–Crippen MR) is 53.8 cm³/mol. The van der Waals surface area contributed by atoms with E-state index in [2.05, 4.69) is 19.0 Å². The lowest BCUT2D eigenvalue weighted by Crippen LogP contribution is -2.27. The molecule has 0 atom stereocenters. The Morgan fingerprint density at radius 2 is 1.58 bits per heavy atom. The number of rotatable bonds is 7. The van der Waals surface area contributed by atoms with Gasteiger partial charge < -0.3 is 13.8 Å². The predicted octanol–water partition coefficient (Wildman–Crippen LogP) is 0.841. The van der Waals surface area contributed by atoms with Crippen LogP contribution >= 0.6 is 0 Å². The second-order valence-electron chi connectivity index (χ2n) is 2.93. The molecule has 0 aliphatic rings. The molecule has 0 aliphatic heterocycles. The first kappa shape index (κ1) is 12.1. The molecular weight excluding hydrogens is 170 g/mol. The van der Waals surface area contributed by atoms with E-state index in [1.54, 1.807) is 0 Å². The second-order valence-corrected chi connectivity index (χ2v) is 5.04. The Morgan fingerprint density at radius 3 is 1.92 bits per heavy atom. The number of hydrogen-bond donors (Lipinski definition) is 0. The normalized spacial score (nSPS) is 11.5. The number of hydrogen-bond acceptors (Lipinski definition) is 3. The summed E-state index contributed by atoms with van der Waals surface area (Å²) in [6.07, 6.45) is 0. The highest BCUT2D eigenvalue weighted by Gasteiger charge is 2.11. The number of nitrogens with zero attached hydrogens (tertiary/aromatic N) is 1. The zero-order chi connectivity index (χ0) is 9.40. The standard InChI is InChI=1S/C8H21NO2Si/c1-5-10-12(11-6-2)8-7-9(3)4/h12H,5-8H2,1-4H3. The first-order valence-electron chi connectivity index (χ1n) is 4.58. The topological polar surface area (TPSA) is 21.7 Å². The Hall–Kier alpha value is 0.0969. The molecule has 0 radical (unpaired) electrons. The molecule has 3 nitrogen and oxygen atoms in total. The van der Waals surface area contributed by atoms with Gasteiger partial charge >= 0.3 is 9.28 Å². The Labute approximate surface area is 77.5 Å². The van der Waals surface area contributed by atoms with E-state index in [1.807, 2.05) is 13.8 Å². The summed E-state index contributed by atoms with van der Waals surface area (Å²) in [5.41, 5.74) is 0. The Morgan fingerprint density at radius 1 is 1.08 bits per heavy atom. The van der Waals surface area contributed by atoms with Crippen LogP contribution in [0.25, 0.3) is 0 Å². The van der Waals surface area contributed by atoms with Gasteiger partial charge in [-0.1, -0.05) is 0 Å². The minimum Gasteiger partial charge on any atom is -0.397 e. The molecular formula is C8H21NO2Si. The summed E-state index contributed by atoms with van der Waals surface area (Å²) in [4.78, 5) is 2.16. The van der Waals surface area contributed by atoms with Crippen molar-refractivity contribution in [1.82, 2.24) is 4.90 Å². The van der Waals surface area contributed by atoms with E-state index in [4.69, 9.17) is 8.85 Å². The fourth-order valence-corrected chi connectivity index (χ4v) is 2.85. The highest BCUT2D eigenvalue weighted by Crippen LogP contribution is 1.98. The average molecular weight is 191 g/mol. The fourth-order valence-electron chi connectivity index (χ4n) is 0.950. The third-order valence-electron chi connectivity index (χ3n) is 1.52. The molecule has 74 valence electrons. The molecule has 4 heteroatoms. The quantitative estimate of drug-likeness (QED) is 0.557. The van der Waals surface area contributed by atoms with Gasteiger partial charge in [-0.3, -0.25) is 0 Å². The molecule has 0 fully saturated rings. The first-order valence-corrected chi connectivity index (χ1v) is 6.34. The van der Waals surface area contributed by atoms with Gasteiger partial charge in [0.1, 0.15) is 0 Å². The zero-order valence-corrected chi connectivity index (χ0v) is 9.82. The van der Waals surface area contributed by atoms with Crippen molar-refractivity contribution in [2.45, 2.75) is 19.9 Å². The van der Waals surface area contributed by atoms with Crippen molar-refractivity contribution in [3.05, 3.63) is 0 Å². The van der Waals surface area contributed by atoms with Crippen LogP contribution in [-0.4, -0.2) is 48.0 Å². The minimum atomic E-state index is -1.33. The summed E-state index contributed by atoms with van der Waals surface area (Å²) >= 11 is 0. The van der Waals surface area contributed by atoms with E-state index < -0.39 is 9.28 Å². The van der Waals surface area contributed by atoms with Gasteiger partial charge in [-0.25, -0.2) is 0 Å². The van der Waals surface area contributed by atoms with Crippen molar-refractivity contribution in [3.8, 4) is 0 Å². The first-order chi connectivity index (χ1) is 5.70. The lowest BCUT2D eigenvalue weighted by molar-refractivity contribution is 0.210. The molecule has 0 rings (SSSR count). The Kier molecular flexibility index (Phi) is 7.79. The van der Waals surface area contributed by atoms with Crippen LogP contribution in [0.3, 0.4) is 0 Å². The van der Waals surface area contributed by atoms with Crippen LogP contribution in [0.4, 0.5) is 0 Å². The molecule has 0 aliphatic carbocycles. The van der Waals surface area contributed by atoms with Crippen LogP contribution in [-0.2, 0) is 8.85 Å². The van der Waals surface area contributed by atoms with Crippen molar-refractivity contribution in [1.29, 1.82) is 0 Å². The molecule has 0 N–H and O–H groups in total. The van der Waals surface area contributed by atoms with Crippen molar-refractivity contribution >= 4 is 9.28 Å². The molecule has 0 spiro atoms. The van der Waals surface area contributed by atoms with Gasteiger partial charge in [0.05, 0.1) is 0 Å². The fraction of sp³-hybridized carbons (Fsp3) is 1.00. The van der Waals surface area contributed by atoms with E-state index in [0.717, 1.165) is 25.8 Å². The molecule has 0 saturated heterocycles. The van der Waals surface area contributed by atoms with Crippen molar-refractivity contribution in [3.63, 3.8) is 0 Å². The molecule has 0 aromatic carbocycles. The second kappa shape index (κ2) is 7.73. The van der Waals surface area contributed by atoms with Crippen LogP contribution in [0.1, 0.15) is 13.8 Å².